The lowest BCUT2D eigenvalue weighted by atomic mass is 9.99. The zero-order chi connectivity index (χ0) is 22.4. The average molecular weight is 435 g/mol. The van der Waals surface area contributed by atoms with E-state index >= 15 is 0 Å². The van der Waals surface area contributed by atoms with E-state index in [4.69, 9.17) is 4.21 Å². The molecular weight excluding hydrogens is 408 g/mol. The Balaban J connectivity index is 0.00000132. The van der Waals surface area contributed by atoms with Gasteiger partial charge in [0.25, 0.3) is 0 Å². The highest BCUT2D eigenvalue weighted by Gasteiger charge is 2.20. The molecule has 3 heterocycles. The quantitative estimate of drug-likeness (QED) is 0.563. The summed E-state index contributed by atoms with van der Waals surface area (Å²) in [5.74, 6) is 2.17. The SMILES string of the molecule is Cc1ncc2c(n1)CCN(c1cccc(C(=O)Cc3ccc(C(C)C)cc3)n1)C2.O=S. The second-order valence-electron chi connectivity index (χ2n) is 7.94. The number of hydrogen-bond acceptors (Lipinski definition) is 7. The van der Waals surface area contributed by atoms with E-state index in [0.29, 0.717) is 18.0 Å². The zero-order valence-electron chi connectivity index (χ0n) is 18.0. The first-order valence-corrected chi connectivity index (χ1v) is 10.6. The Morgan fingerprint density at radius 3 is 2.55 bits per heavy atom. The van der Waals surface area contributed by atoms with Gasteiger partial charge in [-0.15, -0.1) is 0 Å². The third-order valence-corrected chi connectivity index (χ3v) is 5.41. The molecule has 3 aromatic rings. The van der Waals surface area contributed by atoms with Crippen LogP contribution in [0.2, 0.25) is 0 Å². The van der Waals surface area contributed by atoms with Gasteiger partial charge in [-0.05, 0) is 36.1 Å². The van der Waals surface area contributed by atoms with E-state index in [1.54, 1.807) is 6.07 Å². The van der Waals surface area contributed by atoms with Gasteiger partial charge in [0.05, 0.1) is 5.69 Å². The number of rotatable bonds is 5. The molecule has 0 spiro atoms. The van der Waals surface area contributed by atoms with Gasteiger partial charge < -0.3 is 4.90 Å². The average Bonchev–Trinajstić information content (AvgIpc) is 2.80. The molecule has 1 aliphatic rings. The summed E-state index contributed by atoms with van der Waals surface area (Å²) in [5, 5.41) is 0. The van der Waals surface area contributed by atoms with Gasteiger partial charge >= 0.3 is 0 Å². The number of fused-ring (bicyclic) bond motifs is 1. The van der Waals surface area contributed by atoms with Crippen LogP contribution in [0.4, 0.5) is 5.82 Å². The molecule has 0 saturated carbocycles. The minimum atomic E-state index is 0.0421. The third kappa shape index (κ3) is 5.55. The Bertz CT molecular complexity index is 1050. The number of hydrogen-bond donors (Lipinski definition) is 0. The molecule has 0 amide bonds. The van der Waals surface area contributed by atoms with E-state index in [2.05, 4.69) is 58.4 Å². The molecule has 0 unspecified atom stereocenters. The number of nitrogens with zero attached hydrogens (tertiary/aromatic N) is 4. The van der Waals surface area contributed by atoms with Crippen LogP contribution < -0.4 is 4.90 Å². The topological polar surface area (TPSA) is 76.1 Å². The van der Waals surface area contributed by atoms with E-state index in [9.17, 15) is 4.79 Å². The van der Waals surface area contributed by atoms with Gasteiger partial charge in [-0.3, -0.25) is 4.79 Å². The van der Waals surface area contributed by atoms with Crippen LogP contribution in [0, 0.1) is 6.92 Å². The minimum Gasteiger partial charge on any atom is -0.352 e. The first kappa shape index (κ1) is 22.6. The molecule has 4 rings (SSSR count). The molecule has 0 aliphatic carbocycles. The number of ketones is 1. The monoisotopic (exact) mass is 434 g/mol. The maximum atomic E-state index is 12.8. The van der Waals surface area contributed by atoms with Crippen molar-refractivity contribution in [2.75, 3.05) is 11.4 Å². The summed E-state index contributed by atoms with van der Waals surface area (Å²) in [5.41, 5.74) is 5.06. The molecule has 160 valence electrons. The number of anilines is 1. The summed E-state index contributed by atoms with van der Waals surface area (Å²) in [6, 6.07) is 14.0. The van der Waals surface area contributed by atoms with Gasteiger partial charge in [0.15, 0.2) is 18.3 Å². The fraction of sp³-hybridized carbons (Fsp3) is 0.333. The highest BCUT2D eigenvalue weighted by atomic mass is 32.1. The summed E-state index contributed by atoms with van der Waals surface area (Å²) >= 11 is 2.83. The number of pyridine rings is 1. The molecule has 0 radical (unpaired) electrons. The van der Waals surface area contributed by atoms with E-state index in [1.165, 1.54) is 5.56 Å². The van der Waals surface area contributed by atoms with E-state index in [1.807, 2.05) is 37.4 Å². The van der Waals surface area contributed by atoms with Crippen molar-refractivity contribution in [3.8, 4) is 0 Å². The fourth-order valence-electron chi connectivity index (χ4n) is 3.66. The molecule has 1 aromatic carbocycles. The van der Waals surface area contributed by atoms with E-state index in [0.717, 1.165) is 48.0 Å². The molecular formula is C24H26N4O2S. The van der Waals surface area contributed by atoms with Crippen LogP contribution in [0.15, 0.2) is 48.7 Å². The Hall–Kier alpha value is -3.06. The number of aromatic nitrogens is 3. The summed E-state index contributed by atoms with van der Waals surface area (Å²) in [6.45, 7) is 7.81. The summed E-state index contributed by atoms with van der Waals surface area (Å²) in [6.07, 6.45) is 3.13. The van der Waals surface area contributed by atoms with Crippen LogP contribution >= 0.6 is 0 Å². The van der Waals surface area contributed by atoms with Crippen LogP contribution in [0.25, 0.3) is 0 Å². The zero-order valence-corrected chi connectivity index (χ0v) is 18.9. The van der Waals surface area contributed by atoms with Gasteiger partial charge in [0.2, 0.25) is 0 Å². The molecule has 6 nitrogen and oxygen atoms in total. The van der Waals surface area contributed by atoms with Crippen molar-refractivity contribution >= 4 is 24.1 Å². The molecule has 7 heteroatoms. The lowest BCUT2D eigenvalue weighted by Gasteiger charge is -2.29. The second-order valence-corrected chi connectivity index (χ2v) is 7.94. The van der Waals surface area contributed by atoms with Gasteiger partial charge in [-0.25, -0.2) is 15.0 Å². The van der Waals surface area contributed by atoms with Gasteiger partial charge in [-0.2, -0.15) is 4.21 Å². The third-order valence-electron chi connectivity index (χ3n) is 5.41. The number of carbonyl (C=O) groups is 1. The Kier molecular flexibility index (Phi) is 7.52. The Labute approximate surface area is 188 Å². The summed E-state index contributed by atoms with van der Waals surface area (Å²) in [4.78, 5) is 28.5. The minimum absolute atomic E-state index is 0.0421. The van der Waals surface area contributed by atoms with Gasteiger partial charge in [0, 0.05) is 37.7 Å². The predicted molar refractivity (Wildman–Crippen MR) is 122 cm³/mol. The standard InChI is InChI=1S/C24H26N4O.OS/c1-16(2)19-9-7-18(8-10-19)13-23(29)22-5-4-6-24(27-22)28-12-11-21-20(15-28)14-25-17(3)26-21;1-2/h4-10,14,16H,11-13,15H2,1-3H3;. The van der Waals surface area contributed by atoms with Gasteiger partial charge in [-0.1, -0.05) is 44.2 Å². The molecule has 31 heavy (non-hydrogen) atoms. The molecule has 0 saturated heterocycles. The van der Waals surface area contributed by atoms with Gasteiger partial charge in [0.1, 0.15) is 17.3 Å². The molecule has 0 fully saturated rings. The van der Waals surface area contributed by atoms with Crippen LogP contribution in [0.1, 0.15) is 58.5 Å². The van der Waals surface area contributed by atoms with E-state index in [-0.39, 0.29) is 5.78 Å². The first-order valence-electron chi connectivity index (χ1n) is 10.3. The number of carbonyl (C=O) groups excluding carboxylic acids is 1. The van der Waals surface area contributed by atoms with Crippen LogP contribution in [-0.2, 0) is 31.9 Å². The van der Waals surface area contributed by atoms with E-state index < -0.39 is 0 Å². The maximum absolute atomic E-state index is 12.8. The van der Waals surface area contributed by atoms with Crippen LogP contribution in [0.5, 0.6) is 0 Å². The molecule has 0 N–H and O–H groups in total. The van der Waals surface area contributed by atoms with Crippen LogP contribution in [-0.4, -0.2) is 31.5 Å². The van der Waals surface area contributed by atoms with Crippen molar-refractivity contribution < 1.29 is 9.00 Å². The molecule has 0 atom stereocenters. The second kappa shape index (κ2) is 10.3. The van der Waals surface area contributed by atoms with Crippen molar-refractivity contribution in [3.05, 3.63) is 82.6 Å². The summed E-state index contributed by atoms with van der Waals surface area (Å²) in [7, 11) is 0. The highest BCUT2D eigenvalue weighted by molar-refractivity contribution is 7.44. The highest BCUT2D eigenvalue weighted by Crippen LogP contribution is 2.22. The largest absolute Gasteiger partial charge is 0.352 e. The lowest BCUT2D eigenvalue weighted by molar-refractivity contribution is 0.0988. The van der Waals surface area contributed by atoms with Crippen molar-refractivity contribution in [2.45, 2.75) is 46.1 Å². The maximum Gasteiger partial charge on any atom is 0.197 e. The molecule has 1 aliphatic heterocycles. The summed E-state index contributed by atoms with van der Waals surface area (Å²) < 4.78 is 7.83. The van der Waals surface area contributed by atoms with Crippen molar-refractivity contribution in [1.29, 1.82) is 0 Å². The fourth-order valence-corrected chi connectivity index (χ4v) is 3.66. The van der Waals surface area contributed by atoms with Crippen LogP contribution in [0.3, 0.4) is 0 Å². The molecule has 2 aromatic heterocycles. The lowest BCUT2D eigenvalue weighted by Crippen LogP contribution is -2.32. The number of aryl methyl sites for hydroxylation is 1. The predicted octanol–water partition coefficient (Wildman–Crippen LogP) is 3.96. The first-order chi connectivity index (χ1) is 15.0. The Morgan fingerprint density at radius 1 is 1.10 bits per heavy atom. The number of benzene rings is 1. The normalized spacial score (nSPS) is 12.7. The Morgan fingerprint density at radius 2 is 1.84 bits per heavy atom. The smallest absolute Gasteiger partial charge is 0.197 e. The number of Topliss-reactive ketones (excluding diaryl/α,β-unsaturated/α-hetero) is 1. The van der Waals surface area contributed by atoms with Crippen molar-refractivity contribution in [2.24, 2.45) is 0 Å². The van der Waals surface area contributed by atoms with Crippen molar-refractivity contribution in [3.63, 3.8) is 0 Å². The van der Waals surface area contributed by atoms with Crippen molar-refractivity contribution in [1.82, 2.24) is 15.0 Å². The molecule has 0 bridgehead atoms.